The number of nitrogens with one attached hydrogen (secondary N) is 1. The molecule has 6 nitrogen and oxygen atoms in total. The molecule has 2 heterocycles. The Morgan fingerprint density at radius 1 is 1.13 bits per heavy atom. The largest absolute Gasteiger partial charge is 0.356 e. The fraction of sp³-hybridized carbons (Fsp3) is 0.938. The highest BCUT2D eigenvalue weighted by molar-refractivity contribution is 7.86. The summed E-state index contributed by atoms with van der Waals surface area (Å²) >= 11 is 0. The molecule has 1 N–H and O–H groups in total. The standard InChI is InChI=1S/C16H31N3O3S/c1-4-7-17-16(20)15-6-5-8-18(12-15)23(21,22)19-10-13(2)9-14(3)11-19/h13-15H,4-12H2,1-3H3,(H,17,20)/t13-,14+,15-/m0/s1. The second-order valence-electron chi connectivity index (χ2n) is 7.26. The summed E-state index contributed by atoms with van der Waals surface area (Å²) in [6.07, 6.45) is 3.49. The van der Waals surface area contributed by atoms with Crippen molar-refractivity contribution in [2.75, 3.05) is 32.7 Å². The molecule has 0 aromatic heterocycles. The smallest absolute Gasteiger partial charge is 0.282 e. The molecule has 2 aliphatic heterocycles. The van der Waals surface area contributed by atoms with Gasteiger partial charge in [-0.3, -0.25) is 4.79 Å². The van der Waals surface area contributed by atoms with Crippen molar-refractivity contribution in [1.29, 1.82) is 0 Å². The van der Waals surface area contributed by atoms with Gasteiger partial charge in [0.25, 0.3) is 10.2 Å². The zero-order chi connectivity index (χ0) is 17.0. The number of hydrogen-bond donors (Lipinski definition) is 1. The Morgan fingerprint density at radius 2 is 1.78 bits per heavy atom. The molecule has 0 unspecified atom stereocenters. The highest BCUT2D eigenvalue weighted by Gasteiger charge is 2.38. The van der Waals surface area contributed by atoms with E-state index in [4.69, 9.17) is 0 Å². The first-order valence-corrected chi connectivity index (χ1v) is 10.3. The van der Waals surface area contributed by atoms with Gasteiger partial charge < -0.3 is 5.32 Å². The van der Waals surface area contributed by atoms with Crippen molar-refractivity contribution in [1.82, 2.24) is 13.9 Å². The van der Waals surface area contributed by atoms with Crippen molar-refractivity contribution in [3.63, 3.8) is 0 Å². The molecule has 2 rings (SSSR count). The Hall–Kier alpha value is -0.660. The lowest BCUT2D eigenvalue weighted by atomic mass is 9.94. The highest BCUT2D eigenvalue weighted by atomic mass is 32.2. The summed E-state index contributed by atoms with van der Waals surface area (Å²) in [6, 6.07) is 0. The minimum atomic E-state index is -3.45. The van der Waals surface area contributed by atoms with Crippen molar-refractivity contribution in [2.45, 2.75) is 46.5 Å². The Kier molecular flexibility index (Phi) is 6.45. The number of amides is 1. The molecule has 0 aromatic rings. The lowest BCUT2D eigenvalue weighted by Gasteiger charge is -2.39. The van der Waals surface area contributed by atoms with Gasteiger partial charge in [-0.25, -0.2) is 0 Å². The minimum Gasteiger partial charge on any atom is -0.356 e. The van der Waals surface area contributed by atoms with Crippen LogP contribution in [0, 0.1) is 17.8 Å². The third-order valence-corrected chi connectivity index (χ3v) is 6.73. The van der Waals surface area contributed by atoms with Crippen LogP contribution in [0.4, 0.5) is 0 Å². The van der Waals surface area contributed by atoms with Crippen molar-refractivity contribution in [2.24, 2.45) is 17.8 Å². The average molecular weight is 346 g/mol. The molecule has 0 saturated carbocycles. The van der Waals surface area contributed by atoms with Gasteiger partial charge in [-0.1, -0.05) is 20.8 Å². The molecule has 23 heavy (non-hydrogen) atoms. The molecule has 0 bridgehead atoms. The second-order valence-corrected chi connectivity index (χ2v) is 9.19. The maximum absolute atomic E-state index is 12.9. The molecular formula is C16H31N3O3S. The number of nitrogens with zero attached hydrogens (tertiary/aromatic N) is 2. The van der Waals surface area contributed by atoms with Crippen LogP contribution in [0.3, 0.4) is 0 Å². The predicted molar refractivity (Wildman–Crippen MR) is 91.0 cm³/mol. The summed E-state index contributed by atoms with van der Waals surface area (Å²) in [5.74, 6) is 0.556. The van der Waals surface area contributed by atoms with E-state index in [0.29, 0.717) is 44.6 Å². The Labute approximate surface area is 140 Å². The van der Waals surface area contributed by atoms with E-state index < -0.39 is 10.2 Å². The first-order chi connectivity index (χ1) is 10.8. The van der Waals surface area contributed by atoms with Crippen LogP contribution in [-0.2, 0) is 15.0 Å². The SMILES string of the molecule is CCCNC(=O)[C@H]1CCCN(S(=O)(=O)N2C[C@H](C)C[C@H](C)C2)C1. The molecule has 7 heteroatoms. The van der Waals surface area contributed by atoms with E-state index in [1.807, 2.05) is 6.92 Å². The van der Waals surface area contributed by atoms with E-state index in [1.165, 1.54) is 4.31 Å². The maximum Gasteiger partial charge on any atom is 0.282 e. The first-order valence-electron chi connectivity index (χ1n) is 8.87. The fourth-order valence-corrected chi connectivity index (χ4v) is 5.66. The molecule has 0 radical (unpaired) electrons. The topological polar surface area (TPSA) is 69.7 Å². The molecule has 134 valence electrons. The van der Waals surface area contributed by atoms with Crippen LogP contribution in [0.5, 0.6) is 0 Å². The van der Waals surface area contributed by atoms with Gasteiger partial charge >= 0.3 is 0 Å². The van der Waals surface area contributed by atoms with Crippen LogP contribution >= 0.6 is 0 Å². The lowest BCUT2D eigenvalue weighted by Crippen LogP contribution is -2.53. The van der Waals surface area contributed by atoms with Crippen LogP contribution in [0.15, 0.2) is 0 Å². The first kappa shape index (κ1) is 18.7. The third-order valence-electron chi connectivity index (χ3n) is 4.79. The molecule has 0 aliphatic carbocycles. The van der Waals surface area contributed by atoms with Crippen LogP contribution in [0.25, 0.3) is 0 Å². The van der Waals surface area contributed by atoms with E-state index in [9.17, 15) is 13.2 Å². The predicted octanol–water partition coefficient (Wildman–Crippen LogP) is 1.45. The number of hydrogen-bond acceptors (Lipinski definition) is 3. The molecule has 0 spiro atoms. The summed E-state index contributed by atoms with van der Waals surface area (Å²) in [7, 11) is -3.45. The Balaban J connectivity index is 2.03. The highest BCUT2D eigenvalue weighted by Crippen LogP contribution is 2.27. The van der Waals surface area contributed by atoms with E-state index in [1.54, 1.807) is 4.31 Å². The number of carbonyl (C=O) groups excluding carboxylic acids is 1. The van der Waals surface area contributed by atoms with E-state index >= 15 is 0 Å². The maximum atomic E-state index is 12.9. The van der Waals surface area contributed by atoms with Gasteiger partial charge in [0.2, 0.25) is 5.91 Å². The van der Waals surface area contributed by atoms with E-state index in [0.717, 1.165) is 25.7 Å². The summed E-state index contributed by atoms with van der Waals surface area (Å²) in [5, 5.41) is 2.89. The second kappa shape index (κ2) is 7.94. The van der Waals surface area contributed by atoms with Gasteiger partial charge in [-0.2, -0.15) is 17.0 Å². The monoisotopic (exact) mass is 345 g/mol. The molecule has 2 aliphatic rings. The van der Waals surface area contributed by atoms with Crippen LogP contribution in [0.2, 0.25) is 0 Å². The lowest BCUT2D eigenvalue weighted by molar-refractivity contribution is -0.126. The quantitative estimate of drug-likeness (QED) is 0.820. The van der Waals surface area contributed by atoms with Crippen LogP contribution in [-0.4, -0.2) is 55.7 Å². The zero-order valence-corrected chi connectivity index (χ0v) is 15.4. The summed E-state index contributed by atoms with van der Waals surface area (Å²) in [4.78, 5) is 12.2. The molecule has 0 aromatic carbocycles. The average Bonchev–Trinajstić information content (AvgIpc) is 2.51. The molecular weight excluding hydrogens is 314 g/mol. The molecule has 2 saturated heterocycles. The zero-order valence-electron chi connectivity index (χ0n) is 14.6. The van der Waals surface area contributed by atoms with Gasteiger partial charge in [-0.05, 0) is 37.5 Å². The van der Waals surface area contributed by atoms with Crippen molar-refractivity contribution in [3.05, 3.63) is 0 Å². The van der Waals surface area contributed by atoms with Crippen molar-refractivity contribution in [3.8, 4) is 0 Å². The van der Waals surface area contributed by atoms with Gasteiger partial charge in [0.15, 0.2) is 0 Å². The van der Waals surface area contributed by atoms with Gasteiger partial charge in [0.05, 0.1) is 5.92 Å². The van der Waals surface area contributed by atoms with Crippen LogP contribution in [0.1, 0.15) is 46.5 Å². The van der Waals surface area contributed by atoms with Crippen LogP contribution < -0.4 is 5.32 Å². The molecule has 2 fully saturated rings. The molecule has 1 amide bonds. The van der Waals surface area contributed by atoms with Crippen molar-refractivity contribution < 1.29 is 13.2 Å². The third kappa shape index (κ3) is 4.67. The van der Waals surface area contributed by atoms with Crippen molar-refractivity contribution >= 4 is 16.1 Å². The van der Waals surface area contributed by atoms with E-state index in [-0.39, 0.29) is 11.8 Å². The normalized spacial score (nSPS) is 31.0. The van der Waals surface area contributed by atoms with Gasteiger partial charge in [-0.15, -0.1) is 0 Å². The summed E-state index contributed by atoms with van der Waals surface area (Å²) < 4.78 is 29.0. The fourth-order valence-electron chi connectivity index (χ4n) is 3.72. The number of piperidine rings is 2. The van der Waals surface area contributed by atoms with E-state index in [2.05, 4.69) is 19.2 Å². The summed E-state index contributed by atoms with van der Waals surface area (Å²) in [5.41, 5.74) is 0. The molecule has 3 atom stereocenters. The minimum absolute atomic E-state index is 0.00729. The van der Waals surface area contributed by atoms with Gasteiger partial charge in [0.1, 0.15) is 0 Å². The van der Waals surface area contributed by atoms with Gasteiger partial charge in [0, 0.05) is 32.7 Å². The number of carbonyl (C=O) groups is 1. The summed E-state index contributed by atoms with van der Waals surface area (Å²) in [6.45, 7) is 8.91. The number of rotatable bonds is 5. The Morgan fingerprint density at radius 3 is 2.39 bits per heavy atom. The Bertz CT molecular complexity index is 499.